The molecule has 0 saturated carbocycles. The van der Waals surface area contributed by atoms with E-state index in [1.54, 1.807) is 0 Å². The lowest BCUT2D eigenvalue weighted by atomic mass is 10.0. The van der Waals surface area contributed by atoms with Crippen LogP contribution in [0.4, 0.5) is 4.79 Å². The second-order valence-corrected chi connectivity index (χ2v) is 8.94. The van der Waals surface area contributed by atoms with Gasteiger partial charge in [-0.25, -0.2) is 9.59 Å². The maximum Gasteiger partial charge on any atom is 0.332 e. The Labute approximate surface area is 169 Å². The molecule has 158 valence electrons. The predicted octanol–water partition coefficient (Wildman–Crippen LogP) is 0.177. The monoisotopic (exact) mass is 415 g/mol. The van der Waals surface area contributed by atoms with Crippen LogP contribution in [0, 0.1) is 0 Å². The van der Waals surface area contributed by atoms with Crippen LogP contribution < -0.4 is 16.0 Å². The molecule has 0 bridgehead atoms. The zero-order valence-electron chi connectivity index (χ0n) is 16.2. The minimum Gasteiger partial charge on any atom is -0.461 e. The Morgan fingerprint density at radius 1 is 1.36 bits per heavy atom. The standard InChI is InChI=1S/C18H29N3O6S/c1-18(11-27-18)10-26-15(23)8-25-7-6-19-14(22)5-3-2-4-13-16-12(9-28-13)20-17(24)21-16/h12-13,16H,2-11H2,1H3,(H,19,22)(H2,20,21,24). The minimum atomic E-state index is -0.427. The summed E-state index contributed by atoms with van der Waals surface area (Å²) < 4.78 is 15.4. The number of ether oxygens (including phenoxy) is 3. The average molecular weight is 416 g/mol. The van der Waals surface area contributed by atoms with Crippen molar-refractivity contribution in [2.45, 2.75) is 55.5 Å². The molecule has 0 aromatic heterocycles. The zero-order chi connectivity index (χ0) is 20.0. The van der Waals surface area contributed by atoms with E-state index < -0.39 is 5.97 Å². The van der Waals surface area contributed by atoms with Gasteiger partial charge in [-0.1, -0.05) is 6.42 Å². The van der Waals surface area contributed by atoms with Crippen molar-refractivity contribution in [1.82, 2.24) is 16.0 Å². The molecule has 3 N–H and O–H groups in total. The first-order valence-electron chi connectivity index (χ1n) is 9.78. The van der Waals surface area contributed by atoms with E-state index in [-0.39, 0.29) is 49.4 Å². The van der Waals surface area contributed by atoms with Gasteiger partial charge in [0.05, 0.1) is 25.3 Å². The summed E-state index contributed by atoms with van der Waals surface area (Å²) in [7, 11) is 0. The van der Waals surface area contributed by atoms with Crippen LogP contribution in [-0.2, 0) is 23.8 Å². The Kier molecular flexibility index (Phi) is 7.42. The number of nitrogens with one attached hydrogen (secondary N) is 3. The summed E-state index contributed by atoms with van der Waals surface area (Å²) in [4.78, 5) is 34.7. The largest absolute Gasteiger partial charge is 0.461 e. The lowest BCUT2D eigenvalue weighted by molar-refractivity contribution is -0.150. The van der Waals surface area contributed by atoms with Gasteiger partial charge in [0.2, 0.25) is 5.91 Å². The molecule has 3 fully saturated rings. The third kappa shape index (κ3) is 6.52. The fourth-order valence-electron chi connectivity index (χ4n) is 3.26. The fourth-order valence-corrected chi connectivity index (χ4v) is 4.81. The van der Waals surface area contributed by atoms with Crippen LogP contribution in [0.2, 0.25) is 0 Å². The number of hydrogen-bond acceptors (Lipinski definition) is 7. The molecule has 4 atom stereocenters. The second-order valence-electron chi connectivity index (χ2n) is 7.67. The molecule has 3 heterocycles. The van der Waals surface area contributed by atoms with Crippen molar-refractivity contribution in [3.8, 4) is 0 Å². The van der Waals surface area contributed by atoms with Gasteiger partial charge >= 0.3 is 12.0 Å². The lowest BCUT2D eigenvalue weighted by Gasteiger charge is -2.16. The highest BCUT2D eigenvalue weighted by molar-refractivity contribution is 8.00. The number of epoxide rings is 1. The first-order valence-corrected chi connectivity index (χ1v) is 10.8. The fraction of sp³-hybridized carbons (Fsp3) is 0.833. The highest BCUT2D eigenvalue weighted by Gasteiger charge is 2.42. The van der Waals surface area contributed by atoms with E-state index >= 15 is 0 Å². The van der Waals surface area contributed by atoms with Crippen molar-refractivity contribution in [2.24, 2.45) is 0 Å². The van der Waals surface area contributed by atoms with E-state index in [9.17, 15) is 14.4 Å². The SMILES string of the molecule is CC1(COC(=O)COCCNC(=O)CCCCC2SCC3NC(=O)NC32)CO1. The average Bonchev–Trinajstić information content (AvgIpc) is 3.11. The van der Waals surface area contributed by atoms with Gasteiger partial charge < -0.3 is 30.2 Å². The Bertz CT molecular complexity index is 586. The normalized spacial score (nSPS) is 30.3. The van der Waals surface area contributed by atoms with Crippen molar-refractivity contribution >= 4 is 29.7 Å². The summed E-state index contributed by atoms with van der Waals surface area (Å²) in [5.41, 5.74) is -0.316. The first-order chi connectivity index (χ1) is 13.5. The molecule has 3 aliphatic heterocycles. The molecular weight excluding hydrogens is 386 g/mol. The molecule has 0 aliphatic carbocycles. The van der Waals surface area contributed by atoms with Crippen LogP contribution in [0.15, 0.2) is 0 Å². The van der Waals surface area contributed by atoms with Crippen molar-refractivity contribution in [2.75, 3.05) is 38.7 Å². The summed E-state index contributed by atoms with van der Waals surface area (Å²) in [6, 6.07) is 0.393. The Balaban J connectivity index is 1.14. The van der Waals surface area contributed by atoms with Gasteiger partial charge in [-0.3, -0.25) is 4.79 Å². The Morgan fingerprint density at radius 2 is 2.18 bits per heavy atom. The van der Waals surface area contributed by atoms with Gasteiger partial charge in [0, 0.05) is 24.0 Å². The van der Waals surface area contributed by atoms with Gasteiger partial charge in [0.15, 0.2) is 0 Å². The third-order valence-electron chi connectivity index (χ3n) is 5.04. The van der Waals surface area contributed by atoms with E-state index in [1.807, 2.05) is 18.7 Å². The lowest BCUT2D eigenvalue weighted by Crippen LogP contribution is -2.36. The van der Waals surface area contributed by atoms with Gasteiger partial charge in [0.25, 0.3) is 0 Å². The molecule has 0 aromatic rings. The number of urea groups is 1. The third-order valence-corrected chi connectivity index (χ3v) is 6.55. The van der Waals surface area contributed by atoms with Crippen molar-refractivity contribution < 1.29 is 28.6 Å². The smallest absolute Gasteiger partial charge is 0.332 e. The van der Waals surface area contributed by atoms with Crippen molar-refractivity contribution in [3.63, 3.8) is 0 Å². The van der Waals surface area contributed by atoms with Crippen LogP contribution in [0.25, 0.3) is 0 Å². The van der Waals surface area contributed by atoms with E-state index in [1.165, 1.54) is 0 Å². The molecule has 0 spiro atoms. The summed E-state index contributed by atoms with van der Waals surface area (Å²) in [6.07, 6.45) is 3.23. The number of hydrogen-bond donors (Lipinski definition) is 3. The van der Waals surface area contributed by atoms with Crippen LogP contribution >= 0.6 is 11.8 Å². The molecule has 9 nitrogen and oxygen atoms in total. The van der Waals surface area contributed by atoms with Gasteiger partial charge in [-0.05, 0) is 19.8 Å². The van der Waals surface area contributed by atoms with Crippen molar-refractivity contribution in [1.29, 1.82) is 0 Å². The molecule has 3 aliphatic rings. The van der Waals surface area contributed by atoms with E-state index in [4.69, 9.17) is 14.2 Å². The summed E-state index contributed by atoms with van der Waals surface area (Å²) in [6.45, 7) is 3.25. The summed E-state index contributed by atoms with van der Waals surface area (Å²) >= 11 is 1.89. The van der Waals surface area contributed by atoms with Crippen LogP contribution in [0.1, 0.15) is 32.6 Å². The van der Waals surface area contributed by atoms with Crippen LogP contribution in [0.5, 0.6) is 0 Å². The van der Waals surface area contributed by atoms with E-state index in [0.29, 0.717) is 24.8 Å². The maximum absolute atomic E-state index is 11.8. The highest BCUT2D eigenvalue weighted by atomic mass is 32.2. The van der Waals surface area contributed by atoms with Crippen LogP contribution in [-0.4, -0.2) is 79.6 Å². The van der Waals surface area contributed by atoms with Gasteiger partial charge in [-0.15, -0.1) is 0 Å². The van der Waals surface area contributed by atoms with E-state index in [2.05, 4.69) is 16.0 Å². The number of thioether (sulfide) groups is 1. The highest BCUT2D eigenvalue weighted by Crippen LogP contribution is 2.33. The van der Waals surface area contributed by atoms with Crippen molar-refractivity contribution in [3.05, 3.63) is 0 Å². The number of esters is 1. The maximum atomic E-state index is 11.8. The van der Waals surface area contributed by atoms with Crippen LogP contribution in [0.3, 0.4) is 0 Å². The summed E-state index contributed by atoms with van der Waals surface area (Å²) in [5, 5.41) is 9.12. The Morgan fingerprint density at radius 3 is 2.96 bits per heavy atom. The quantitative estimate of drug-likeness (QED) is 0.180. The summed E-state index contributed by atoms with van der Waals surface area (Å²) in [5.74, 6) is 0.511. The Hall–Kier alpha value is -1.52. The number of carbonyl (C=O) groups excluding carboxylic acids is 3. The molecule has 3 saturated heterocycles. The number of rotatable bonds is 12. The van der Waals surface area contributed by atoms with E-state index in [0.717, 1.165) is 25.0 Å². The molecule has 28 heavy (non-hydrogen) atoms. The molecular formula is C18H29N3O6S. The molecule has 0 radical (unpaired) electrons. The number of carbonyl (C=O) groups is 3. The van der Waals surface area contributed by atoms with Gasteiger partial charge in [0.1, 0.15) is 18.8 Å². The van der Waals surface area contributed by atoms with Gasteiger partial charge in [-0.2, -0.15) is 11.8 Å². The molecule has 3 rings (SSSR count). The second kappa shape index (κ2) is 9.80. The molecule has 3 amide bonds. The number of unbranched alkanes of at least 4 members (excludes halogenated alkanes) is 1. The minimum absolute atomic E-state index is 0.0160. The topological polar surface area (TPSA) is 118 Å². The molecule has 4 unspecified atom stereocenters. The predicted molar refractivity (Wildman–Crippen MR) is 103 cm³/mol. The zero-order valence-corrected chi connectivity index (χ0v) is 17.0. The number of amides is 3. The molecule has 10 heteroatoms. The number of fused-ring (bicyclic) bond motifs is 1. The first kappa shape index (κ1) is 21.2. The molecule has 0 aromatic carbocycles.